The van der Waals surface area contributed by atoms with Crippen LogP contribution in [-0.2, 0) is 68.2 Å². The van der Waals surface area contributed by atoms with E-state index in [4.69, 9.17) is 14.2 Å². The van der Waals surface area contributed by atoms with Gasteiger partial charge in [-0.15, -0.1) is 0 Å². The second-order valence-corrected chi connectivity index (χ2v) is 20.8. The molecule has 506 valence electrons. The van der Waals surface area contributed by atoms with Crippen molar-refractivity contribution < 1.29 is 113 Å². The number of ether oxygens (including phenoxy) is 3. The normalized spacial score (nSPS) is 11.4. The Balaban J connectivity index is 0.000000306. The first-order valence-corrected chi connectivity index (χ1v) is 29.9. The number of aliphatic imine (C=N–C) groups is 3. The molecule has 12 aromatic rings. The van der Waals surface area contributed by atoms with Crippen LogP contribution < -0.4 is 49.6 Å². The van der Waals surface area contributed by atoms with E-state index in [9.17, 15) is 15.3 Å². The molecule has 3 atom stereocenters. The molecule has 3 N–H and O–H groups in total. The summed E-state index contributed by atoms with van der Waals surface area (Å²) in [6.45, 7) is 2.56. The summed E-state index contributed by atoms with van der Waals surface area (Å²) in [5.41, 5.74) is 13.2. The van der Waals surface area contributed by atoms with Crippen LogP contribution in [0.25, 0.3) is 34.2 Å². The fraction of sp³-hybridized carbons (Fsp3) is 0.120. The second kappa shape index (κ2) is 45.2. The van der Waals surface area contributed by atoms with Gasteiger partial charge in [0.2, 0.25) is 0 Å². The molecular weight excluding hydrogens is 1420 g/mol. The zero-order valence-electron chi connectivity index (χ0n) is 52.8. The Hall–Kier alpha value is -9.50. The second-order valence-electron chi connectivity index (χ2n) is 20.8. The molecule has 99 heavy (non-hydrogen) atoms. The summed E-state index contributed by atoms with van der Waals surface area (Å²) in [6, 6.07) is 68.5. The monoisotopic (exact) mass is 1480 g/mol. The Morgan fingerprint density at radius 1 is 0.283 bits per heavy atom. The number of aromatic hydroxyl groups is 3. The van der Waals surface area contributed by atoms with Crippen molar-refractivity contribution >= 4 is 18.6 Å². The van der Waals surface area contributed by atoms with Crippen LogP contribution >= 0.6 is 0 Å². The Labute approximate surface area is 621 Å². The minimum atomic E-state index is -0.169. The van der Waals surface area contributed by atoms with Crippen molar-refractivity contribution in [1.82, 2.24) is 44.9 Å². The van der Waals surface area contributed by atoms with Gasteiger partial charge in [0.25, 0.3) is 0 Å². The Bertz CT molecular complexity index is 3780. The topological polar surface area (TPSA) is 241 Å². The molecule has 18 nitrogen and oxygen atoms in total. The van der Waals surface area contributed by atoms with E-state index in [1.165, 1.54) is 18.6 Å². The van der Waals surface area contributed by atoms with Crippen LogP contribution in [0.5, 0.6) is 17.2 Å². The summed E-state index contributed by atoms with van der Waals surface area (Å²) in [5.74, 6) is 0.383. The van der Waals surface area contributed by atoms with Gasteiger partial charge in [-0.25, -0.2) is 0 Å². The van der Waals surface area contributed by atoms with Gasteiger partial charge in [0.1, 0.15) is 17.2 Å². The van der Waals surface area contributed by atoms with Crippen molar-refractivity contribution in [3.05, 3.63) is 325 Å². The van der Waals surface area contributed by atoms with Crippen molar-refractivity contribution in [3.63, 3.8) is 0 Å². The van der Waals surface area contributed by atoms with Gasteiger partial charge >= 0.3 is 34.1 Å². The average molecular weight is 1480 g/mol. The van der Waals surface area contributed by atoms with Gasteiger partial charge in [-0.2, -0.15) is 0 Å². The van der Waals surface area contributed by atoms with Gasteiger partial charge in [0, 0.05) is 55.8 Å². The zero-order valence-corrected chi connectivity index (χ0v) is 58.1. The number of aromatic nitrogens is 9. The largest absolute Gasteiger partial charge is 2.00 e. The summed E-state index contributed by atoms with van der Waals surface area (Å²) in [7, 11) is 0. The van der Waals surface area contributed by atoms with E-state index in [-0.39, 0.29) is 119 Å². The minimum absolute atomic E-state index is 0. The molecule has 12 rings (SSSR count). The zero-order chi connectivity index (χ0) is 63.9. The van der Waals surface area contributed by atoms with E-state index in [0.717, 1.165) is 67.5 Å². The van der Waals surface area contributed by atoms with E-state index in [1.54, 1.807) is 73.6 Å². The third kappa shape index (κ3) is 27.4. The molecule has 9 aromatic heterocycles. The summed E-state index contributed by atoms with van der Waals surface area (Å²) in [6.07, 6.45) is 20.0. The first kappa shape index (κ1) is 81.9. The molecule has 3 aromatic carbocycles. The quantitative estimate of drug-likeness (QED) is 0.0578. The number of pyridine rings is 9. The molecule has 0 spiro atoms. The molecule has 24 heteroatoms. The van der Waals surface area contributed by atoms with E-state index >= 15 is 0 Å². The first-order valence-electron chi connectivity index (χ1n) is 29.9. The van der Waals surface area contributed by atoms with Crippen LogP contribution in [0.15, 0.2) is 289 Å². The van der Waals surface area contributed by atoms with E-state index < -0.39 is 0 Å². The Morgan fingerprint density at radius 2 is 0.545 bits per heavy atom. The summed E-state index contributed by atoms with van der Waals surface area (Å²) < 4.78 is 17.9. The molecule has 0 radical (unpaired) electrons. The van der Waals surface area contributed by atoms with Gasteiger partial charge in [0.05, 0.1) is 128 Å². The molecular formula is C75H66Cl4Fe2N12O6. The standard InChI is InChI=1S/3C25H22N4O2.4ClH.2Fe/c3*30-22-11-10-21(27-16-22)15-29-25(20-6-2-1-3-7-20)18-31-17-19-9-12-24(28-14-19)23-8-4-5-13-26-23;;;;;;/h3*1-16,25,30H,17-18H2;4*1H;;/q;;;;;;;2*+2/p-4/t3*25-;;;;;;/m000....../s1. The minimum Gasteiger partial charge on any atom is -1.00 e. The SMILES string of the molecule is Oc1ccc(C=N[C@@H](COCc2ccc(-c3ccccn3)nc2)c2ccccc2)nc1.Oc1ccc(C=N[C@@H](COCc2ccc(-c3ccccn3)nc2)c2ccccc2)nc1.Oc1ccc(C=N[C@@H](COCc2ccc(-c3ccccn3)nc2)c2ccccc2)nc1.[Cl-].[Cl-].[Cl-].[Cl-].[Fe+2].[Fe+2]. The predicted octanol–water partition coefficient (Wildman–Crippen LogP) is 1.87. The molecule has 0 unspecified atom stereocenters. The van der Waals surface area contributed by atoms with Crippen LogP contribution in [0.2, 0.25) is 0 Å². The first-order chi connectivity index (χ1) is 45.8. The van der Waals surface area contributed by atoms with Crippen molar-refractivity contribution in [1.29, 1.82) is 0 Å². The molecule has 0 bridgehead atoms. The predicted molar refractivity (Wildman–Crippen MR) is 359 cm³/mol. The van der Waals surface area contributed by atoms with Gasteiger partial charge in [0.15, 0.2) is 0 Å². The van der Waals surface area contributed by atoms with Crippen molar-refractivity contribution in [2.75, 3.05) is 19.8 Å². The Kier molecular flexibility index (Phi) is 37.4. The fourth-order valence-corrected chi connectivity index (χ4v) is 9.01. The van der Waals surface area contributed by atoms with Gasteiger partial charge < -0.3 is 79.2 Å². The third-order valence-electron chi connectivity index (χ3n) is 13.9. The average Bonchev–Trinajstić information content (AvgIpc) is 1.13. The fourth-order valence-electron chi connectivity index (χ4n) is 9.01. The number of benzene rings is 3. The van der Waals surface area contributed by atoms with E-state index in [2.05, 4.69) is 59.8 Å². The van der Waals surface area contributed by atoms with Crippen molar-refractivity contribution in [3.8, 4) is 51.4 Å². The van der Waals surface area contributed by atoms with E-state index in [0.29, 0.717) is 56.7 Å². The molecule has 0 amide bonds. The third-order valence-corrected chi connectivity index (χ3v) is 13.9. The molecule has 9 heterocycles. The molecule has 0 fully saturated rings. The maximum absolute atomic E-state index is 9.38. The number of nitrogens with zero attached hydrogens (tertiary/aromatic N) is 12. The van der Waals surface area contributed by atoms with E-state index in [1.807, 2.05) is 201 Å². The van der Waals surface area contributed by atoms with Crippen LogP contribution in [0.3, 0.4) is 0 Å². The molecule has 0 aliphatic carbocycles. The molecule has 0 saturated carbocycles. The smallest absolute Gasteiger partial charge is 1.00 e. The summed E-state index contributed by atoms with van der Waals surface area (Å²) >= 11 is 0. The number of halogens is 4. The number of hydrogen-bond donors (Lipinski definition) is 3. The maximum Gasteiger partial charge on any atom is 2.00 e. The number of rotatable bonds is 24. The summed E-state index contributed by atoms with van der Waals surface area (Å²) in [4.78, 5) is 52.9. The van der Waals surface area contributed by atoms with Gasteiger partial charge in [-0.1, -0.05) is 127 Å². The van der Waals surface area contributed by atoms with Crippen molar-refractivity contribution in [2.45, 2.75) is 37.9 Å². The Morgan fingerprint density at radius 3 is 0.768 bits per heavy atom. The summed E-state index contributed by atoms with van der Waals surface area (Å²) in [5, 5.41) is 28.1. The van der Waals surface area contributed by atoms with Gasteiger partial charge in [-0.05, 0) is 124 Å². The van der Waals surface area contributed by atoms with Crippen LogP contribution in [-0.4, -0.2) is 98.6 Å². The maximum atomic E-state index is 9.38. The van der Waals surface area contributed by atoms with Crippen molar-refractivity contribution in [2.24, 2.45) is 15.0 Å². The van der Waals surface area contributed by atoms with Gasteiger partial charge in [-0.3, -0.25) is 59.8 Å². The molecule has 0 aliphatic heterocycles. The van der Waals surface area contributed by atoms with Crippen LogP contribution in [0.4, 0.5) is 0 Å². The van der Waals surface area contributed by atoms with Crippen LogP contribution in [0.1, 0.15) is 68.6 Å². The number of hydrogen-bond acceptors (Lipinski definition) is 18. The molecule has 0 saturated heterocycles. The molecule has 0 aliphatic rings. The van der Waals surface area contributed by atoms with Crippen LogP contribution in [0, 0.1) is 0 Å².